The van der Waals surface area contributed by atoms with E-state index in [-0.39, 0.29) is 5.91 Å². The van der Waals surface area contributed by atoms with E-state index in [2.05, 4.69) is 15.4 Å². The molecule has 1 aromatic rings. The Morgan fingerprint density at radius 1 is 1.27 bits per heavy atom. The highest BCUT2D eigenvalue weighted by atomic mass is 16.5. The molecule has 7 nitrogen and oxygen atoms in total. The number of benzene rings is 1. The fraction of sp³-hybridized carbons (Fsp3) is 0.467. The number of rotatable bonds is 4. The van der Waals surface area contributed by atoms with Crippen molar-refractivity contribution in [2.24, 2.45) is 0 Å². The van der Waals surface area contributed by atoms with Crippen molar-refractivity contribution in [3.05, 3.63) is 23.8 Å². The summed E-state index contributed by atoms with van der Waals surface area (Å²) in [5.74, 6) is 1.11. The Balaban J connectivity index is 1.90. The average molecular weight is 308 g/mol. The molecule has 7 heteroatoms. The molecule has 0 aromatic heterocycles. The van der Waals surface area contributed by atoms with Gasteiger partial charge in [0.25, 0.3) is 0 Å². The van der Waals surface area contributed by atoms with Gasteiger partial charge < -0.3 is 24.8 Å². The number of carbonyl (C=O) groups is 2. The minimum Gasteiger partial charge on any atom is -0.490 e. The zero-order valence-corrected chi connectivity index (χ0v) is 12.7. The second-order valence-corrected chi connectivity index (χ2v) is 4.91. The summed E-state index contributed by atoms with van der Waals surface area (Å²) in [6.45, 7) is 3.17. The SMILES string of the molecule is COC(=O)N[C@@H](C)C(=O)NCc1ccc2c(c1)OCCCO2. The highest BCUT2D eigenvalue weighted by Crippen LogP contribution is 2.30. The van der Waals surface area contributed by atoms with Gasteiger partial charge in [0.05, 0.1) is 20.3 Å². The number of carbonyl (C=O) groups excluding carboxylic acids is 2. The summed E-state index contributed by atoms with van der Waals surface area (Å²) in [5.41, 5.74) is 0.892. The molecule has 22 heavy (non-hydrogen) atoms. The molecule has 1 aliphatic heterocycles. The van der Waals surface area contributed by atoms with Crippen LogP contribution in [0.4, 0.5) is 4.79 Å². The van der Waals surface area contributed by atoms with E-state index in [1.165, 1.54) is 7.11 Å². The highest BCUT2D eigenvalue weighted by molar-refractivity contribution is 5.85. The van der Waals surface area contributed by atoms with Gasteiger partial charge in [-0.1, -0.05) is 6.07 Å². The molecular weight excluding hydrogens is 288 g/mol. The number of nitrogens with one attached hydrogen (secondary N) is 2. The van der Waals surface area contributed by atoms with Crippen molar-refractivity contribution >= 4 is 12.0 Å². The van der Waals surface area contributed by atoms with Crippen molar-refractivity contribution in [3.8, 4) is 11.5 Å². The molecule has 1 heterocycles. The quantitative estimate of drug-likeness (QED) is 0.873. The maximum absolute atomic E-state index is 11.9. The summed E-state index contributed by atoms with van der Waals surface area (Å²) in [6, 6.07) is 4.87. The molecule has 0 fully saturated rings. The number of hydrogen-bond donors (Lipinski definition) is 2. The second kappa shape index (κ2) is 7.53. The van der Waals surface area contributed by atoms with Gasteiger partial charge in [0.1, 0.15) is 6.04 Å². The zero-order valence-electron chi connectivity index (χ0n) is 12.7. The van der Waals surface area contributed by atoms with Crippen LogP contribution in [0.15, 0.2) is 18.2 Å². The van der Waals surface area contributed by atoms with Crippen LogP contribution in [0, 0.1) is 0 Å². The van der Waals surface area contributed by atoms with Gasteiger partial charge in [0.2, 0.25) is 5.91 Å². The molecule has 1 atom stereocenters. The summed E-state index contributed by atoms with van der Waals surface area (Å²) in [7, 11) is 1.25. The first-order valence-corrected chi connectivity index (χ1v) is 7.11. The third-order valence-electron chi connectivity index (χ3n) is 3.19. The predicted octanol–water partition coefficient (Wildman–Crippen LogP) is 1.21. The van der Waals surface area contributed by atoms with E-state index in [0.29, 0.717) is 31.3 Å². The predicted molar refractivity (Wildman–Crippen MR) is 78.9 cm³/mol. The van der Waals surface area contributed by atoms with Crippen molar-refractivity contribution in [3.63, 3.8) is 0 Å². The van der Waals surface area contributed by atoms with Crippen molar-refractivity contribution in [2.75, 3.05) is 20.3 Å². The summed E-state index contributed by atoms with van der Waals surface area (Å²) in [4.78, 5) is 22.9. The van der Waals surface area contributed by atoms with E-state index in [0.717, 1.165) is 12.0 Å². The van der Waals surface area contributed by atoms with E-state index < -0.39 is 12.1 Å². The Morgan fingerprint density at radius 3 is 2.73 bits per heavy atom. The van der Waals surface area contributed by atoms with Crippen LogP contribution in [0.1, 0.15) is 18.9 Å². The number of fused-ring (bicyclic) bond motifs is 1. The van der Waals surface area contributed by atoms with Crippen LogP contribution >= 0.6 is 0 Å². The Bertz CT molecular complexity index is 547. The normalized spacial score (nSPS) is 14.5. The lowest BCUT2D eigenvalue weighted by molar-refractivity contribution is -0.122. The molecule has 0 saturated heterocycles. The first kappa shape index (κ1) is 15.9. The Labute approximate surface area is 128 Å². The van der Waals surface area contributed by atoms with Crippen LogP contribution in [0.2, 0.25) is 0 Å². The summed E-state index contributed by atoms with van der Waals surface area (Å²) >= 11 is 0. The highest BCUT2D eigenvalue weighted by Gasteiger charge is 2.16. The largest absolute Gasteiger partial charge is 0.490 e. The van der Waals surface area contributed by atoms with Gasteiger partial charge in [0.15, 0.2) is 11.5 Å². The Morgan fingerprint density at radius 2 is 2.00 bits per heavy atom. The molecule has 0 radical (unpaired) electrons. The van der Waals surface area contributed by atoms with Gasteiger partial charge in [-0.25, -0.2) is 4.79 Å². The summed E-state index contributed by atoms with van der Waals surface area (Å²) in [6.07, 6.45) is 0.204. The number of methoxy groups -OCH3 is 1. The van der Waals surface area contributed by atoms with Crippen LogP contribution in [-0.2, 0) is 16.1 Å². The number of amides is 2. The second-order valence-electron chi connectivity index (χ2n) is 4.91. The van der Waals surface area contributed by atoms with E-state index in [1.807, 2.05) is 18.2 Å². The lowest BCUT2D eigenvalue weighted by Crippen LogP contribution is -2.44. The smallest absolute Gasteiger partial charge is 0.407 e. The van der Waals surface area contributed by atoms with Gasteiger partial charge in [-0.15, -0.1) is 0 Å². The first-order chi connectivity index (χ1) is 10.6. The summed E-state index contributed by atoms with van der Waals surface area (Å²) < 4.78 is 15.6. The molecule has 1 aliphatic rings. The number of ether oxygens (including phenoxy) is 3. The molecule has 0 bridgehead atoms. The molecule has 2 rings (SSSR count). The van der Waals surface area contributed by atoms with Crippen LogP contribution < -0.4 is 20.1 Å². The molecule has 2 amide bonds. The van der Waals surface area contributed by atoms with E-state index >= 15 is 0 Å². The van der Waals surface area contributed by atoms with Crippen molar-refractivity contribution < 1.29 is 23.8 Å². The van der Waals surface area contributed by atoms with Crippen LogP contribution in [0.5, 0.6) is 11.5 Å². The van der Waals surface area contributed by atoms with Crippen molar-refractivity contribution in [1.82, 2.24) is 10.6 Å². The van der Waals surface area contributed by atoms with Crippen LogP contribution in [0.3, 0.4) is 0 Å². The number of hydrogen-bond acceptors (Lipinski definition) is 5. The Hall–Kier alpha value is -2.44. The number of alkyl carbamates (subject to hydrolysis) is 1. The molecular formula is C15H20N2O5. The lowest BCUT2D eigenvalue weighted by atomic mass is 10.2. The van der Waals surface area contributed by atoms with Crippen molar-refractivity contribution in [2.45, 2.75) is 25.9 Å². The lowest BCUT2D eigenvalue weighted by Gasteiger charge is -2.14. The molecule has 2 N–H and O–H groups in total. The average Bonchev–Trinajstić information content (AvgIpc) is 2.76. The molecule has 1 aromatic carbocycles. The van der Waals surface area contributed by atoms with Gasteiger partial charge in [-0.3, -0.25) is 4.79 Å². The van der Waals surface area contributed by atoms with Gasteiger partial charge in [-0.05, 0) is 24.6 Å². The van der Waals surface area contributed by atoms with Gasteiger partial charge in [0, 0.05) is 13.0 Å². The molecule has 0 aliphatic carbocycles. The third kappa shape index (κ3) is 4.28. The third-order valence-corrected chi connectivity index (χ3v) is 3.19. The molecule has 120 valence electrons. The molecule has 0 spiro atoms. The topological polar surface area (TPSA) is 85.9 Å². The fourth-order valence-electron chi connectivity index (χ4n) is 1.96. The minimum atomic E-state index is -0.673. The maximum Gasteiger partial charge on any atom is 0.407 e. The first-order valence-electron chi connectivity index (χ1n) is 7.11. The van der Waals surface area contributed by atoms with Crippen LogP contribution in [0.25, 0.3) is 0 Å². The van der Waals surface area contributed by atoms with Crippen molar-refractivity contribution in [1.29, 1.82) is 0 Å². The van der Waals surface area contributed by atoms with Gasteiger partial charge in [-0.2, -0.15) is 0 Å². The van der Waals surface area contributed by atoms with E-state index in [4.69, 9.17) is 9.47 Å². The monoisotopic (exact) mass is 308 g/mol. The standard InChI is InChI=1S/C15H20N2O5/c1-10(17-15(19)20-2)14(18)16-9-11-4-5-12-13(8-11)22-7-3-6-21-12/h4-5,8,10H,3,6-7,9H2,1-2H3,(H,16,18)(H,17,19)/t10-/m0/s1. The zero-order chi connectivity index (χ0) is 15.9. The minimum absolute atomic E-state index is 0.294. The maximum atomic E-state index is 11.9. The van der Waals surface area contributed by atoms with E-state index in [9.17, 15) is 9.59 Å². The molecule has 0 saturated carbocycles. The van der Waals surface area contributed by atoms with Crippen LogP contribution in [-0.4, -0.2) is 38.4 Å². The Kier molecular flexibility index (Phi) is 5.46. The fourth-order valence-corrected chi connectivity index (χ4v) is 1.96. The summed E-state index contributed by atoms with van der Waals surface area (Å²) in [5, 5.41) is 5.15. The van der Waals surface area contributed by atoms with Gasteiger partial charge >= 0.3 is 6.09 Å². The molecule has 0 unspecified atom stereocenters. The van der Waals surface area contributed by atoms with E-state index in [1.54, 1.807) is 6.92 Å².